The molecule has 0 aliphatic carbocycles. The minimum Gasteiger partial charge on any atom is -0.508 e. The van der Waals surface area contributed by atoms with Crippen LogP contribution < -0.4 is 0 Å². The molecule has 4 nitrogen and oxygen atoms in total. The molecular weight excluding hydrogens is 348 g/mol. The third-order valence-corrected chi connectivity index (χ3v) is 5.05. The molecule has 0 radical (unpaired) electrons. The van der Waals surface area contributed by atoms with E-state index in [0.29, 0.717) is 17.7 Å². The zero-order valence-electron chi connectivity index (χ0n) is 17.1. The molecule has 0 unspecified atom stereocenters. The van der Waals surface area contributed by atoms with Gasteiger partial charge in [-0.05, 0) is 37.1 Å². The number of nitrogens with zero attached hydrogens (tertiary/aromatic N) is 2. The number of azo groups is 1. The Kier molecular flexibility index (Phi) is 10.1. The third kappa shape index (κ3) is 7.71. The van der Waals surface area contributed by atoms with E-state index in [2.05, 4.69) is 17.2 Å². The van der Waals surface area contributed by atoms with Gasteiger partial charge in [0.05, 0.1) is 5.69 Å². The Hall–Kier alpha value is -2.36. The molecule has 0 atom stereocenters. The number of unbranched alkanes of at least 4 members (excludes halogenated alkanes) is 9. The Bertz CT molecular complexity index is 714. The predicted molar refractivity (Wildman–Crippen MR) is 116 cm³/mol. The lowest BCUT2D eigenvalue weighted by Crippen LogP contribution is -1.89. The third-order valence-electron chi connectivity index (χ3n) is 5.05. The Morgan fingerprint density at radius 3 is 1.93 bits per heavy atom. The fraction of sp³-hybridized carbons (Fsp3) is 0.500. The molecule has 4 heteroatoms. The first-order chi connectivity index (χ1) is 13.7. The van der Waals surface area contributed by atoms with Crippen molar-refractivity contribution in [2.45, 2.75) is 77.6 Å². The maximum absolute atomic E-state index is 10.5. The Morgan fingerprint density at radius 1 is 0.679 bits per heavy atom. The summed E-state index contributed by atoms with van der Waals surface area (Å²) in [6.45, 7) is 2.25. The second kappa shape index (κ2) is 12.9. The summed E-state index contributed by atoms with van der Waals surface area (Å²) < 4.78 is 0. The summed E-state index contributed by atoms with van der Waals surface area (Å²) >= 11 is 0. The van der Waals surface area contributed by atoms with Crippen molar-refractivity contribution in [1.82, 2.24) is 0 Å². The van der Waals surface area contributed by atoms with Gasteiger partial charge in [-0.2, -0.15) is 5.11 Å². The molecule has 0 saturated heterocycles. The van der Waals surface area contributed by atoms with E-state index in [4.69, 9.17) is 0 Å². The molecule has 28 heavy (non-hydrogen) atoms. The zero-order valence-corrected chi connectivity index (χ0v) is 17.1. The van der Waals surface area contributed by atoms with Crippen LogP contribution in [-0.4, -0.2) is 10.2 Å². The van der Waals surface area contributed by atoms with Crippen LogP contribution in [0.3, 0.4) is 0 Å². The second-order valence-electron chi connectivity index (χ2n) is 7.40. The first-order valence-corrected chi connectivity index (χ1v) is 10.7. The maximum Gasteiger partial charge on any atom is 0.149 e. The van der Waals surface area contributed by atoms with Gasteiger partial charge < -0.3 is 10.2 Å². The highest BCUT2D eigenvalue weighted by Gasteiger charge is 2.12. The van der Waals surface area contributed by atoms with E-state index in [-0.39, 0.29) is 11.5 Å². The molecule has 0 heterocycles. The van der Waals surface area contributed by atoms with Gasteiger partial charge in [-0.1, -0.05) is 82.9 Å². The molecular formula is C24H34N2O2. The first-order valence-electron chi connectivity index (χ1n) is 10.7. The second-order valence-corrected chi connectivity index (χ2v) is 7.40. The van der Waals surface area contributed by atoms with Crippen LogP contribution in [0.5, 0.6) is 11.5 Å². The van der Waals surface area contributed by atoms with Crippen molar-refractivity contribution >= 4 is 11.4 Å². The monoisotopic (exact) mass is 382 g/mol. The normalized spacial score (nSPS) is 11.3. The fourth-order valence-corrected chi connectivity index (χ4v) is 3.34. The summed E-state index contributed by atoms with van der Waals surface area (Å²) in [7, 11) is 0. The first kappa shape index (κ1) is 21.9. The molecule has 2 rings (SSSR count). The zero-order chi connectivity index (χ0) is 20.0. The van der Waals surface area contributed by atoms with Crippen LogP contribution in [-0.2, 0) is 6.42 Å². The van der Waals surface area contributed by atoms with E-state index >= 15 is 0 Å². The lowest BCUT2D eigenvalue weighted by molar-refractivity contribution is 0.436. The Labute approximate surface area is 169 Å². The number of aromatic hydroxyl groups is 2. The highest BCUT2D eigenvalue weighted by molar-refractivity contribution is 5.60. The van der Waals surface area contributed by atoms with Crippen molar-refractivity contribution < 1.29 is 10.2 Å². The van der Waals surface area contributed by atoms with E-state index in [1.807, 2.05) is 30.3 Å². The molecule has 0 amide bonds. The molecule has 0 bridgehead atoms. The van der Waals surface area contributed by atoms with Crippen LogP contribution in [0.4, 0.5) is 11.4 Å². The standard InChI is InChI=1S/C24H34N2O2/c1-2-3-4-5-6-7-8-9-10-14-17-21-23(27)19-18-22(24(21)28)26-25-20-15-12-11-13-16-20/h11-13,15-16,18-19,27-28H,2-10,14,17H2,1H3. The summed E-state index contributed by atoms with van der Waals surface area (Å²) in [5.74, 6) is 0.169. The molecule has 2 N–H and O–H groups in total. The topological polar surface area (TPSA) is 65.2 Å². The quantitative estimate of drug-likeness (QED) is 0.272. The molecule has 0 aliphatic heterocycles. The molecule has 0 aromatic heterocycles. The van der Waals surface area contributed by atoms with Gasteiger partial charge in [-0.25, -0.2) is 0 Å². The summed E-state index contributed by atoms with van der Waals surface area (Å²) in [6.07, 6.45) is 13.3. The fourth-order valence-electron chi connectivity index (χ4n) is 3.34. The molecule has 0 aliphatic rings. The van der Waals surface area contributed by atoms with Crippen molar-refractivity contribution in [2.75, 3.05) is 0 Å². The van der Waals surface area contributed by atoms with Crippen LogP contribution >= 0.6 is 0 Å². The van der Waals surface area contributed by atoms with Crippen molar-refractivity contribution in [3.63, 3.8) is 0 Å². The van der Waals surface area contributed by atoms with E-state index in [1.165, 1.54) is 51.4 Å². The molecule has 2 aromatic carbocycles. The number of hydrogen-bond donors (Lipinski definition) is 2. The summed E-state index contributed by atoms with van der Waals surface area (Å²) in [6, 6.07) is 12.6. The van der Waals surface area contributed by atoms with Crippen LogP contribution in [0.2, 0.25) is 0 Å². The van der Waals surface area contributed by atoms with Crippen LogP contribution in [0.15, 0.2) is 52.7 Å². The van der Waals surface area contributed by atoms with E-state index in [0.717, 1.165) is 18.5 Å². The highest BCUT2D eigenvalue weighted by atomic mass is 16.3. The highest BCUT2D eigenvalue weighted by Crippen LogP contribution is 2.38. The van der Waals surface area contributed by atoms with Gasteiger partial charge in [-0.3, -0.25) is 0 Å². The number of benzene rings is 2. The molecule has 0 fully saturated rings. The van der Waals surface area contributed by atoms with Crippen molar-refractivity contribution in [2.24, 2.45) is 10.2 Å². The maximum atomic E-state index is 10.5. The average Bonchev–Trinajstić information content (AvgIpc) is 2.71. The van der Waals surface area contributed by atoms with Gasteiger partial charge in [0.25, 0.3) is 0 Å². The van der Waals surface area contributed by atoms with Gasteiger partial charge >= 0.3 is 0 Å². The molecule has 2 aromatic rings. The molecule has 152 valence electrons. The minimum atomic E-state index is 0.0376. The number of rotatable bonds is 13. The number of hydrogen-bond acceptors (Lipinski definition) is 4. The SMILES string of the molecule is CCCCCCCCCCCCc1c(O)ccc(N=Nc2ccccc2)c1O. The average molecular weight is 383 g/mol. The van der Waals surface area contributed by atoms with Gasteiger partial charge in [0.2, 0.25) is 0 Å². The smallest absolute Gasteiger partial charge is 0.149 e. The summed E-state index contributed by atoms with van der Waals surface area (Å²) in [4.78, 5) is 0. The van der Waals surface area contributed by atoms with Crippen LogP contribution in [0.25, 0.3) is 0 Å². The number of phenols is 2. The van der Waals surface area contributed by atoms with Crippen molar-refractivity contribution in [3.8, 4) is 11.5 Å². The van der Waals surface area contributed by atoms with Gasteiger partial charge in [-0.15, -0.1) is 5.11 Å². The van der Waals surface area contributed by atoms with Gasteiger partial charge in [0.15, 0.2) is 0 Å². The Balaban J connectivity index is 1.76. The summed E-state index contributed by atoms with van der Waals surface area (Å²) in [5.41, 5.74) is 1.69. The lowest BCUT2D eigenvalue weighted by Gasteiger charge is -2.09. The number of phenolic OH excluding ortho intramolecular Hbond substituents is 2. The van der Waals surface area contributed by atoms with Crippen LogP contribution in [0.1, 0.15) is 76.7 Å². The van der Waals surface area contributed by atoms with Gasteiger partial charge in [0.1, 0.15) is 17.2 Å². The van der Waals surface area contributed by atoms with Crippen molar-refractivity contribution in [1.29, 1.82) is 0 Å². The van der Waals surface area contributed by atoms with E-state index in [9.17, 15) is 10.2 Å². The minimum absolute atomic E-state index is 0.0376. The predicted octanol–water partition coefficient (Wildman–Crippen LogP) is 7.98. The summed E-state index contributed by atoms with van der Waals surface area (Å²) in [5, 5.41) is 28.9. The molecule has 0 saturated carbocycles. The Morgan fingerprint density at radius 2 is 1.29 bits per heavy atom. The van der Waals surface area contributed by atoms with Crippen molar-refractivity contribution in [3.05, 3.63) is 48.0 Å². The van der Waals surface area contributed by atoms with Gasteiger partial charge in [0, 0.05) is 5.56 Å². The van der Waals surface area contributed by atoms with E-state index < -0.39 is 0 Å². The lowest BCUT2D eigenvalue weighted by atomic mass is 10.0. The van der Waals surface area contributed by atoms with Crippen LogP contribution in [0, 0.1) is 0 Å². The van der Waals surface area contributed by atoms with E-state index in [1.54, 1.807) is 12.1 Å². The largest absolute Gasteiger partial charge is 0.508 e. The molecule has 0 spiro atoms.